The van der Waals surface area contributed by atoms with Crippen molar-refractivity contribution in [1.82, 2.24) is 5.32 Å². The van der Waals surface area contributed by atoms with Crippen LogP contribution in [0.25, 0.3) is 0 Å². The number of allylic oxidation sites excluding steroid dienone is 4. The van der Waals surface area contributed by atoms with Gasteiger partial charge in [-0.3, -0.25) is 4.79 Å². The van der Waals surface area contributed by atoms with Gasteiger partial charge in [-0.25, -0.2) is 0 Å². The second kappa shape index (κ2) is 52.8. The standard InChI is InChI=1S/C67H127NO13/c1-3-5-7-9-11-13-15-17-19-21-23-24-25-26-27-28-29-30-31-32-33-35-37-39-41-43-45-47-49-51-59(72)68-55(56(71)50-48-46-44-42-40-38-36-34-22-20-18-16-14-12-10-8-6-4-2)54-78-66-64(77)62(75)65(58(53-70)80-66)81-67-63(76)61(74)60(73)57(52-69)79-67/h15,17,21,23,55-58,60-67,69-71,73-77H,3-14,16,18-20,22,24-54H2,1-2H3,(H,68,72)/b17-15-,23-21-. The van der Waals surface area contributed by atoms with Crippen molar-refractivity contribution in [2.45, 2.75) is 376 Å². The first-order chi connectivity index (χ1) is 39.6. The Bertz CT molecular complexity index is 1450. The van der Waals surface area contributed by atoms with Crippen molar-refractivity contribution in [1.29, 1.82) is 0 Å². The summed E-state index contributed by atoms with van der Waals surface area (Å²) in [6.07, 6.45) is 47.6. The van der Waals surface area contributed by atoms with E-state index in [1.807, 2.05) is 0 Å². The SMILES string of the molecule is CCCCCCC/C=C\C/C=C\CCCCCCCCCCCCCCCCCCCC(=O)NC(COC1OC(CO)C(OC2OC(CO)C(O)C(O)C2O)C(O)C1O)C(O)CCCCCCCCCCCCCCCCCCCC. The Labute approximate surface area is 494 Å². The van der Waals surface area contributed by atoms with E-state index in [1.54, 1.807) is 0 Å². The molecule has 2 aliphatic rings. The van der Waals surface area contributed by atoms with Gasteiger partial charge in [0.25, 0.3) is 0 Å². The minimum atomic E-state index is -1.78. The fourth-order valence-corrected chi connectivity index (χ4v) is 11.4. The van der Waals surface area contributed by atoms with Crippen molar-refractivity contribution in [2.75, 3.05) is 19.8 Å². The molecule has 2 rings (SSSR count). The molecule has 2 aliphatic heterocycles. The highest BCUT2D eigenvalue weighted by molar-refractivity contribution is 5.76. The molecule has 12 unspecified atom stereocenters. The van der Waals surface area contributed by atoms with Crippen LogP contribution in [0.5, 0.6) is 0 Å². The summed E-state index contributed by atoms with van der Waals surface area (Å²) < 4.78 is 22.9. The number of nitrogens with one attached hydrogen (secondary N) is 1. The van der Waals surface area contributed by atoms with Crippen LogP contribution < -0.4 is 5.32 Å². The molecular formula is C67H127NO13. The van der Waals surface area contributed by atoms with Crippen LogP contribution in [0.4, 0.5) is 0 Å². The van der Waals surface area contributed by atoms with Crippen molar-refractivity contribution < 1.29 is 64.6 Å². The van der Waals surface area contributed by atoms with E-state index in [0.717, 1.165) is 57.8 Å². The molecule has 2 saturated heterocycles. The minimum absolute atomic E-state index is 0.201. The first kappa shape index (κ1) is 75.6. The summed E-state index contributed by atoms with van der Waals surface area (Å²) in [5.74, 6) is -0.201. The third-order valence-corrected chi connectivity index (χ3v) is 16.9. The lowest BCUT2D eigenvalue weighted by Gasteiger charge is -2.46. The highest BCUT2D eigenvalue weighted by atomic mass is 16.7. The topological polar surface area (TPSA) is 228 Å². The zero-order valence-electron chi connectivity index (χ0n) is 51.8. The smallest absolute Gasteiger partial charge is 0.220 e. The maximum atomic E-state index is 13.3. The number of unbranched alkanes of at least 4 members (excludes halogenated alkanes) is 39. The van der Waals surface area contributed by atoms with E-state index in [4.69, 9.17) is 18.9 Å². The fourth-order valence-electron chi connectivity index (χ4n) is 11.4. The molecule has 14 heteroatoms. The van der Waals surface area contributed by atoms with E-state index >= 15 is 0 Å². The summed E-state index contributed by atoms with van der Waals surface area (Å²) in [4.78, 5) is 13.3. The summed E-state index contributed by atoms with van der Waals surface area (Å²) >= 11 is 0. The van der Waals surface area contributed by atoms with Gasteiger partial charge in [0.15, 0.2) is 12.6 Å². The van der Waals surface area contributed by atoms with Crippen LogP contribution in [-0.4, -0.2) is 140 Å². The number of carbonyl (C=O) groups excluding carboxylic acids is 1. The molecule has 0 spiro atoms. The quantitative estimate of drug-likeness (QED) is 0.0204. The molecule has 2 heterocycles. The highest BCUT2D eigenvalue weighted by Gasteiger charge is 2.51. The molecule has 14 nitrogen and oxygen atoms in total. The van der Waals surface area contributed by atoms with Crippen LogP contribution >= 0.6 is 0 Å². The number of aliphatic hydroxyl groups excluding tert-OH is 8. The molecule has 0 aromatic carbocycles. The molecule has 0 bridgehead atoms. The number of aliphatic hydroxyl groups is 8. The van der Waals surface area contributed by atoms with Gasteiger partial charge in [-0.2, -0.15) is 0 Å². The molecule has 0 aromatic heterocycles. The number of amides is 1. The summed E-state index contributed by atoms with van der Waals surface area (Å²) in [6, 6.07) is -0.827. The van der Waals surface area contributed by atoms with Gasteiger partial charge in [0.05, 0.1) is 32.0 Å². The highest BCUT2D eigenvalue weighted by Crippen LogP contribution is 2.30. The maximum absolute atomic E-state index is 13.3. The van der Waals surface area contributed by atoms with Gasteiger partial charge in [0.1, 0.15) is 48.8 Å². The Morgan fingerprint density at radius 3 is 1.23 bits per heavy atom. The largest absolute Gasteiger partial charge is 0.394 e. The molecular weight excluding hydrogens is 1030 g/mol. The molecule has 81 heavy (non-hydrogen) atoms. The zero-order chi connectivity index (χ0) is 58.8. The first-order valence-corrected chi connectivity index (χ1v) is 34.1. The molecule has 0 radical (unpaired) electrons. The summed E-state index contributed by atoms with van der Waals surface area (Å²) in [6.45, 7) is 2.89. The van der Waals surface area contributed by atoms with Crippen molar-refractivity contribution in [2.24, 2.45) is 0 Å². The van der Waals surface area contributed by atoms with Crippen molar-refractivity contribution >= 4 is 5.91 Å². The van der Waals surface area contributed by atoms with E-state index in [9.17, 15) is 45.6 Å². The van der Waals surface area contributed by atoms with Gasteiger partial charge in [-0.1, -0.05) is 276 Å². The monoisotopic (exact) mass is 1150 g/mol. The lowest BCUT2D eigenvalue weighted by molar-refractivity contribution is -0.359. The average Bonchev–Trinajstić information content (AvgIpc) is 3.47. The predicted molar refractivity (Wildman–Crippen MR) is 328 cm³/mol. The van der Waals surface area contributed by atoms with Crippen LogP contribution in [0.15, 0.2) is 24.3 Å². The maximum Gasteiger partial charge on any atom is 0.220 e. The Morgan fingerprint density at radius 1 is 0.444 bits per heavy atom. The fraction of sp³-hybridized carbons (Fsp3) is 0.925. The average molecular weight is 1150 g/mol. The number of ether oxygens (including phenoxy) is 4. The molecule has 0 aromatic rings. The third kappa shape index (κ3) is 37.6. The van der Waals surface area contributed by atoms with Gasteiger partial charge in [0.2, 0.25) is 5.91 Å². The zero-order valence-corrected chi connectivity index (χ0v) is 51.8. The molecule has 2 fully saturated rings. The second-order valence-corrected chi connectivity index (χ2v) is 24.3. The van der Waals surface area contributed by atoms with Gasteiger partial charge in [-0.05, 0) is 44.9 Å². The predicted octanol–water partition coefficient (Wildman–Crippen LogP) is 13.2. The molecule has 9 N–H and O–H groups in total. The second-order valence-electron chi connectivity index (χ2n) is 24.3. The van der Waals surface area contributed by atoms with E-state index in [-0.39, 0.29) is 12.5 Å². The lowest BCUT2D eigenvalue weighted by Crippen LogP contribution is -2.65. The Balaban J connectivity index is 1.66. The van der Waals surface area contributed by atoms with Crippen molar-refractivity contribution in [3.63, 3.8) is 0 Å². The molecule has 0 aliphatic carbocycles. The van der Waals surface area contributed by atoms with E-state index in [1.165, 1.54) is 218 Å². The molecule has 0 saturated carbocycles. The van der Waals surface area contributed by atoms with Crippen LogP contribution in [-0.2, 0) is 23.7 Å². The first-order valence-electron chi connectivity index (χ1n) is 34.1. The van der Waals surface area contributed by atoms with Crippen LogP contribution in [0.3, 0.4) is 0 Å². The molecule has 12 atom stereocenters. The van der Waals surface area contributed by atoms with Gasteiger partial charge in [0, 0.05) is 6.42 Å². The Morgan fingerprint density at radius 2 is 0.815 bits per heavy atom. The van der Waals surface area contributed by atoms with Crippen molar-refractivity contribution in [3.8, 4) is 0 Å². The van der Waals surface area contributed by atoms with Gasteiger partial charge >= 0.3 is 0 Å². The molecule has 478 valence electrons. The summed E-state index contributed by atoms with van der Waals surface area (Å²) in [5, 5.41) is 87.5. The van der Waals surface area contributed by atoms with Crippen LogP contribution in [0.1, 0.15) is 303 Å². The summed E-state index contributed by atoms with van der Waals surface area (Å²) in [5.41, 5.74) is 0. The van der Waals surface area contributed by atoms with E-state index in [0.29, 0.717) is 12.8 Å². The van der Waals surface area contributed by atoms with Crippen molar-refractivity contribution in [3.05, 3.63) is 24.3 Å². The minimum Gasteiger partial charge on any atom is -0.394 e. The molecule has 1 amide bonds. The normalized spacial score (nSPS) is 24.2. The number of rotatable bonds is 56. The lowest BCUT2D eigenvalue weighted by atomic mass is 9.97. The van der Waals surface area contributed by atoms with E-state index in [2.05, 4.69) is 43.5 Å². The number of hydrogen-bond acceptors (Lipinski definition) is 13. The van der Waals surface area contributed by atoms with Crippen LogP contribution in [0, 0.1) is 0 Å². The number of hydrogen-bond donors (Lipinski definition) is 9. The van der Waals surface area contributed by atoms with E-state index < -0.39 is 86.8 Å². The number of carbonyl (C=O) groups is 1. The van der Waals surface area contributed by atoms with Gasteiger partial charge < -0.3 is 65.1 Å². The third-order valence-electron chi connectivity index (χ3n) is 16.9. The Hall–Kier alpha value is -1.53. The Kier molecular flexibility index (Phi) is 49.2. The summed E-state index contributed by atoms with van der Waals surface area (Å²) in [7, 11) is 0. The van der Waals surface area contributed by atoms with Gasteiger partial charge in [-0.15, -0.1) is 0 Å². The van der Waals surface area contributed by atoms with Crippen LogP contribution in [0.2, 0.25) is 0 Å².